The fourth-order valence-corrected chi connectivity index (χ4v) is 2.17. The molecule has 0 atom stereocenters. The van der Waals surface area contributed by atoms with Crippen molar-refractivity contribution in [3.63, 3.8) is 0 Å². The molecule has 0 aliphatic carbocycles. The quantitative estimate of drug-likeness (QED) is 0.618. The topological polar surface area (TPSA) is 71.9 Å². The number of nitrogens with one attached hydrogen (secondary N) is 2. The molecule has 9 heteroatoms. The van der Waals surface area contributed by atoms with Crippen LogP contribution in [-0.4, -0.2) is 27.3 Å². The number of H-pyrrole nitrogens is 1. The van der Waals surface area contributed by atoms with Crippen LogP contribution in [0.1, 0.15) is 18.3 Å². The Hall–Kier alpha value is -2.55. The van der Waals surface area contributed by atoms with Gasteiger partial charge >= 0.3 is 6.61 Å². The number of nitrogens with zero attached hydrogens (tertiary/aromatic N) is 2. The minimum Gasteiger partial charge on any atom is -0.434 e. The molecule has 1 aromatic heterocycles. The summed E-state index contributed by atoms with van der Waals surface area (Å²) in [5, 5.41) is 9.25. The van der Waals surface area contributed by atoms with E-state index in [1.807, 2.05) is 0 Å². The van der Waals surface area contributed by atoms with Gasteiger partial charge in [-0.25, -0.2) is 0 Å². The van der Waals surface area contributed by atoms with Crippen LogP contribution in [0.15, 0.2) is 30.3 Å². The maximum absolute atomic E-state index is 12.4. The summed E-state index contributed by atoms with van der Waals surface area (Å²) in [6.45, 7) is -1.11. The van der Waals surface area contributed by atoms with E-state index in [4.69, 9.17) is 12.2 Å². The first-order valence-electron chi connectivity index (χ1n) is 6.99. The van der Waals surface area contributed by atoms with Crippen LogP contribution >= 0.6 is 12.2 Å². The van der Waals surface area contributed by atoms with E-state index in [2.05, 4.69) is 20.3 Å². The van der Waals surface area contributed by atoms with Gasteiger partial charge in [0, 0.05) is 18.7 Å². The maximum atomic E-state index is 12.4. The summed E-state index contributed by atoms with van der Waals surface area (Å²) in [6.07, 6.45) is 1.31. The number of hydrogen-bond donors (Lipinski definition) is 2. The van der Waals surface area contributed by atoms with Crippen molar-refractivity contribution in [1.29, 1.82) is 0 Å². The van der Waals surface area contributed by atoms with Gasteiger partial charge in [-0.05, 0) is 30.8 Å². The van der Waals surface area contributed by atoms with Crippen molar-refractivity contribution < 1.29 is 18.3 Å². The van der Waals surface area contributed by atoms with E-state index in [0.717, 1.165) is 0 Å². The van der Waals surface area contributed by atoms with Crippen molar-refractivity contribution in [3.05, 3.63) is 46.5 Å². The van der Waals surface area contributed by atoms with E-state index in [-0.39, 0.29) is 18.2 Å². The number of hydrogen-bond acceptors (Lipinski definition) is 4. The van der Waals surface area contributed by atoms with Crippen molar-refractivity contribution in [3.8, 4) is 5.75 Å². The van der Waals surface area contributed by atoms with E-state index in [9.17, 15) is 13.6 Å². The highest BCUT2D eigenvalue weighted by Gasteiger charge is 2.11. The molecular formula is C15H16F2N4O2S. The summed E-state index contributed by atoms with van der Waals surface area (Å²) in [6, 6.07) is 6.29. The first-order chi connectivity index (χ1) is 11.4. The summed E-state index contributed by atoms with van der Waals surface area (Å²) >= 11 is 4.98. The van der Waals surface area contributed by atoms with Crippen molar-refractivity contribution in [2.24, 2.45) is 7.05 Å². The van der Waals surface area contributed by atoms with Gasteiger partial charge in [0.25, 0.3) is 0 Å². The van der Waals surface area contributed by atoms with Gasteiger partial charge in [0.15, 0.2) is 10.6 Å². The number of carbonyl (C=O) groups is 1. The Bertz CT molecular complexity index is 814. The number of para-hydroxylation sites is 1. The molecule has 1 heterocycles. The number of benzene rings is 1. The van der Waals surface area contributed by atoms with Gasteiger partial charge in [-0.3, -0.25) is 9.89 Å². The molecule has 0 saturated heterocycles. The highest BCUT2D eigenvalue weighted by molar-refractivity contribution is 7.71. The highest BCUT2D eigenvalue weighted by atomic mass is 32.1. The molecule has 0 aliphatic heterocycles. The van der Waals surface area contributed by atoms with Crippen LogP contribution in [0.2, 0.25) is 0 Å². The fraction of sp³-hybridized carbons (Fsp3) is 0.267. The second kappa shape index (κ2) is 7.82. The minimum absolute atomic E-state index is 0.0171. The van der Waals surface area contributed by atoms with Crippen molar-refractivity contribution in [2.75, 3.05) is 0 Å². The molecule has 24 heavy (non-hydrogen) atoms. The Kier molecular flexibility index (Phi) is 5.80. The number of ether oxygens (including phenoxy) is 1. The summed E-state index contributed by atoms with van der Waals surface area (Å²) in [4.78, 5) is 12.0. The van der Waals surface area contributed by atoms with Crippen molar-refractivity contribution in [1.82, 2.24) is 20.1 Å². The average Bonchev–Trinajstić information content (AvgIpc) is 2.84. The van der Waals surface area contributed by atoms with Crippen molar-refractivity contribution >= 4 is 23.7 Å². The number of aromatic nitrogens is 3. The van der Waals surface area contributed by atoms with Gasteiger partial charge in [-0.1, -0.05) is 18.2 Å². The number of alkyl halides is 2. The minimum atomic E-state index is -2.93. The van der Waals surface area contributed by atoms with Gasteiger partial charge in [-0.15, -0.1) is 0 Å². The predicted octanol–water partition coefficient (Wildman–Crippen LogP) is 2.80. The molecule has 0 unspecified atom stereocenters. The molecule has 2 aromatic rings. The third-order valence-electron chi connectivity index (χ3n) is 3.27. The molecule has 0 spiro atoms. The molecule has 2 N–H and O–H groups in total. The normalized spacial score (nSPS) is 11.6. The van der Waals surface area contributed by atoms with Crippen LogP contribution in [0.25, 0.3) is 5.57 Å². The zero-order valence-electron chi connectivity index (χ0n) is 13.0. The number of halogens is 2. The second-order valence-corrected chi connectivity index (χ2v) is 5.31. The highest BCUT2D eigenvalue weighted by Crippen LogP contribution is 2.26. The Morgan fingerprint density at radius 2 is 2.21 bits per heavy atom. The van der Waals surface area contributed by atoms with Crippen molar-refractivity contribution in [2.45, 2.75) is 20.1 Å². The predicted molar refractivity (Wildman–Crippen MR) is 87.0 cm³/mol. The van der Waals surface area contributed by atoms with E-state index in [1.54, 1.807) is 36.7 Å². The van der Waals surface area contributed by atoms with Gasteiger partial charge in [0.2, 0.25) is 5.91 Å². The molecule has 6 nitrogen and oxygen atoms in total. The number of carbonyl (C=O) groups excluding carboxylic acids is 1. The lowest BCUT2D eigenvalue weighted by Gasteiger charge is -2.11. The molecule has 0 fully saturated rings. The molecule has 0 saturated carbocycles. The van der Waals surface area contributed by atoms with Crippen LogP contribution < -0.4 is 10.1 Å². The summed E-state index contributed by atoms with van der Waals surface area (Å²) in [7, 11) is 1.73. The number of allylic oxidation sites excluding steroid dienone is 1. The molecule has 0 radical (unpaired) electrons. The molecular weight excluding hydrogens is 338 g/mol. The van der Waals surface area contributed by atoms with E-state index >= 15 is 0 Å². The summed E-state index contributed by atoms with van der Waals surface area (Å²) in [5.41, 5.74) is 0.922. The second-order valence-electron chi connectivity index (χ2n) is 4.92. The largest absolute Gasteiger partial charge is 0.434 e. The van der Waals surface area contributed by atoms with E-state index in [1.165, 1.54) is 12.1 Å². The van der Waals surface area contributed by atoms with Gasteiger partial charge in [0.1, 0.15) is 5.75 Å². The number of amides is 1. The van der Waals surface area contributed by atoms with E-state index < -0.39 is 6.61 Å². The fourth-order valence-electron chi connectivity index (χ4n) is 2.02. The third kappa shape index (κ3) is 4.48. The molecule has 1 aromatic carbocycles. The molecule has 2 rings (SSSR count). The third-order valence-corrected chi connectivity index (χ3v) is 3.63. The van der Waals surface area contributed by atoms with Gasteiger partial charge in [0.05, 0.1) is 6.54 Å². The first-order valence-corrected chi connectivity index (χ1v) is 7.40. The SMILES string of the molecule is C/C(=C\C(=O)NCc1n[nH]c(=S)n1C)c1ccccc1OC(F)F. The Balaban J connectivity index is 2.08. The Labute approximate surface area is 142 Å². The first kappa shape index (κ1) is 17.8. The smallest absolute Gasteiger partial charge is 0.387 e. The Morgan fingerprint density at radius 1 is 1.50 bits per heavy atom. The van der Waals surface area contributed by atoms with E-state index in [0.29, 0.717) is 21.7 Å². The summed E-state index contributed by atoms with van der Waals surface area (Å²) in [5.74, 6) is 0.206. The van der Waals surface area contributed by atoms with Crippen LogP contribution in [-0.2, 0) is 18.4 Å². The zero-order chi connectivity index (χ0) is 17.7. The molecule has 0 bridgehead atoms. The maximum Gasteiger partial charge on any atom is 0.387 e. The van der Waals surface area contributed by atoms with Crippen LogP contribution in [0.5, 0.6) is 5.75 Å². The average molecular weight is 354 g/mol. The molecule has 0 aliphatic rings. The number of rotatable bonds is 6. The lowest BCUT2D eigenvalue weighted by Crippen LogP contribution is -2.22. The lowest BCUT2D eigenvalue weighted by molar-refractivity contribution is -0.116. The van der Waals surface area contributed by atoms with Gasteiger partial charge < -0.3 is 14.6 Å². The number of aromatic amines is 1. The monoisotopic (exact) mass is 354 g/mol. The molecule has 128 valence electrons. The zero-order valence-corrected chi connectivity index (χ0v) is 13.9. The summed E-state index contributed by atoms with van der Waals surface area (Å²) < 4.78 is 31.4. The van der Waals surface area contributed by atoms with Crippen LogP contribution in [0, 0.1) is 4.77 Å². The standard InChI is InChI=1S/C15H16F2N4O2S/c1-9(10-5-3-4-6-11(10)23-14(16)17)7-13(22)18-8-12-19-20-15(24)21(12)2/h3-7,14H,8H2,1-2H3,(H,18,22)(H,20,24)/b9-7+. The van der Waals surface area contributed by atoms with Crippen LogP contribution in [0.3, 0.4) is 0 Å². The lowest BCUT2D eigenvalue weighted by atomic mass is 10.1. The van der Waals surface area contributed by atoms with Crippen LogP contribution in [0.4, 0.5) is 8.78 Å². The van der Waals surface area contributed by atoms with Gasteiger partial charge in [-0.2, -0.15) is 13.9 Å². The Morgan fingerprint density at radius 3 is 2.83 bits per heavy atom. The molecule has 1 amide bonds.